The maximum absolute atomic E-state index is 12.3. The smallest absolute Gasteiger partial charge is 0.207 e. The second-order valence-electron chi connectivity index (χ2n) is 4.56. The topological polar surface area (TPSA) is 70.0 Å². The van der Waals surface area contributed by atoms with Crippen LogP contribution in [-0.4, -0.2) is 14.0 Å². The van der Waals surface area contributed by atoms with E-state index in [1.807, 2.05) is 0 Å². The van der Waals surface area contributed by atoms with Gasteiger partial charge in [-0.2, -0.15) is 9.98 Å². The van der Waals surface area contributed by atoms with Crippen LogP contribution in [0.25, 0.3) is 0 Å². The van der Waals surface area contributed by atoms with E-state index in [4.69, 9.17) is 5.26 Å². The standard InChI is InChI=1S/C12H13BrN2O2S/c1-9-3-4-10(13)7-11(9)18(16,17)15-12(8-14)5-2-6-12/h3-4,7,15H,2,5-6H2,1H3. The summed E-state index contributed by atoms with van der Waals surface area (Å²) in [6.45, 7) is 1.74. The molecule has 0 heterocycles. The first kappa shape index (κ1) is 13.5. The molecule has 0 spiro atoms. The molecule has 0 radical (unpaired) electrons. The fourth-order valence-corrected chi connectivity index (χ4v) is 4.10. The minimum Gasteiger partial charge on any atom is -0.207 e. The molecule has 1 aliphatic carbocycles. The number of hydrogen-bond donors (Lipinski definition) is 1. The van der Waals surface area contributed by atoms with Crippen LogP contribution in [0.4, 0.5) is 0 Å². The number of halogens is 1. The summed E-state index contributed by atoms with van der Waals surface area (Å²) in [6.07, 6.45) is 2.04. The average Bonchev–Trinajstić information content (AvgIpc) is 2.27. The van der Waals surface area contributed by atoms with Gasteiger partial charge in [0.15, 0.2) is 0 Å². The fourth-order valence-electron chi connectivity index (χ4n) is 1.94. The lowest BCUT2D eigenvalue weighted by molar-refractivity contribution is 0.296. The molecular formula is C12H13BrN2O2S. The predicted molar refractivity (Wildman–Crippen MR) is 71.4 cm³/mol. The van der Waals surface area contributed by atoms with E-state index in [1.165, 1.54) is 0 Å². The van der Waals surface area contributed by atoms with Crippen molar-refractivity contribution in [3.8, 4) is 6.07 Å². The Kier molecular flexibility index (Phi) is 3.49. The van der Waals surface area contributed by atoms with E-state index in [0.29, 0.717) is 22.9 Å². The summed E-state index contributed by atoms with van der Waals surface area (Å²) >= 11 is 3.26. The molecule has 0 bridgehead atoms. The van der Waals surface area contributed by atoms with E-state index in [2.05, 4.69) is 26.7 Å². The van der Waals surface area contributed by atoms with Gasteiger partial charge in [0.05, 0.1) is 11.0 Å². The largest absolute Gasteiger partial charge is 0.242 e. The summed E-state index contributed by atoms with van der Waals surface area (Å²) in [5.74, 6) is 0. The third kappa shape index (κ3) is 2.44. The highest BCUT2D eigenvalue weighted by atomic mass is 79.9. The molecule has 1 aliphatic rings. The normalized spacial score (nSPS) is 17.8. The van der Waals surface area contributed by atoms with Crippen molar-refractivity contribution in [1.82, 2.24) is 4.72 Å². The van der Waals surface area contributed by atoms with Crippen LogP contribution in [-0.2, 0) is 10.0 Å². The van der Waals surface area contributed by atoms with Gasteiger partial charge in [-0.1, -0.05) is 22.0 Å². The first-order chi connectivity index (χ1) is 8.38. The van der Waals surface area contributed by atoms with Crippen LogP contribution in [0.1, 0.15) is 24.8 Å². The van der Waals surface area contributed by atoms with Crippen molar-refractivity contribution in [3.05, 3.63) is 28.2 Å². The zero-order valence-corrected chi connectivity index (χ0v) is 12.3. The van der Waals surface area contributed by atoms with Crippen molar-refractivity contribution in [1.29, 1.82) is 5.26 Å². The van der Waals surface area contributed by atoms with Crippen molar-refractivity contribution in [2.24, 2.45) is 0 Å². The quantitative estimate of drug-likeness (QED) is 0.926. The molecule has 0 saturated heterocycles. The number of nitriles is 1. The molecule has 0 amide bonds. The molecule has 4 nitrogen and oxygen atoms in total. The summed E-state index contributed by atoms with van der Waals surface area (Å²) in [5.41, 5.74) is -0.244. The maximum Gasteiger partial charge on any atom is 0.242 e. The van der Waals surface area contributed by atoms with Gasteiger partial charge in [0, 0.05) is 4.47 Å². The number of benzene rings is 1. The SMILES string of the molecule is Cc1ccc(Br)cc1S(=O)(=O)NC1(C#N)CCC1. The summed E-state index contributed by atoms with van der Waals surface area (Å²) in [4.78, 5) is 0.221. The predicted octanol–water partition coefficient (Wildman–Crippen LogP) is 2.48. The highest BCUT2D eigenvalue weighted by molar-refractivity contribution is 9.10. The highest BCUT2D eigenvalue weighted by Crippen LogP contribution is 2.33. The summed E-state index contributed by atoms with van der Waals surface area (Å²) in [6, 6.07) is 7.15. The zero-order valence-electron chi connectivity index (χ0n) is 9.90. The van der Waals surface area contributed by atoms with Crippen molar-refractivity contribution in [2.75, 3.05) is 0 Å². The van der Waals surface area contributed by atoms with Crippen LogP contribution in [0.2, 0.25) is 0 Å². The van der Waals surface area contributed by atoms with Gasteiger partial charge in [-0.3, -0.25) is 0 Å². The van der Waals surface area contributed by atoms with Crippen molar-refractivity contribution >= 4 is 26.0 Å². The van der Waals surface area contributed by atoms with Gasteiger partial charge in [0.1, 0.15) is 5.54 Å². The third-order valence-electron chi connectivity index (χ3n) is 3.19. The number of rotatable bonds is 3. The monoisotopic (exact) mass is 328 g/mol. The first-order valence-corrected chi connectivity index (χ1v) is 7.88. The van der Waals surface area contributed by atoms with Crippen molar-refractivity contribution in [2.45, 2.75) is 36.6 Å². The molecular weight excluding hydrogens is 316 g/mol. The van der Waals surface area contributed by atoms with Crippen molar-refractivity contribution < 1.29 is 8.42 Å². The summed E-state index contributed by atoms with van der Waals surface area (Å²) in [5, 5.41) is 9.08. The van der Waals surface area contributed by atoms with E-state index >= 15 is 0 Å². The van der Waals surface area contributed by atoms with E-state index in [9.17, 15) is 8.42 Å². The zero-order chi connectivity index (χ0) is 13.4. The van der Waals surface area contributed by atoms with E-state index in [-0.39, 0.29) is 4.90 Å². The first-order valence-electron chi connectivity index (χ1n) is 5.60. The lowest BCUT2D eigenvalue weighted by Gasteiger charge is -2.35. The van der Waals surface area contributed by atoms with Crippen LogP contribution in [0.5, 0.6) is 0 Å². The molecule has 0 aromatic heterocycles. The van der Waals surface area contributed by atoms with Gasteiger partial charge < -0.3 is 0 Å². The van der Waals surface area contributed by atoms with Gasteiger partial charge in [-0.15, -0.1) is 0 Å². The Morgan fingerprint density at radius 3 is 2.61 bits per heavy atom. The van der Waals surface area contributed by atoms with Gasteiger partial charge >= 0.3 is 0 Å². The molecule has 0 unspecified atom stereocenters. The molecule has 2 rings (SSSR count). The Morgan fingerprint density at radius 2 is 2.11 bits per heavy atom. The number of sulfonamides is 1. The minimum atomic E-state index is -3.65. The number of aryl methyl sites for hydroxylation is 1. The third-order valence-corrected chi connectivity index (χ3v) is 5.36. The second kappa shape index (κ2) is 4.65. The van der Waals surface area contributed by atoms with E-state index < -0.39 is 15.6 Å². The van der Waals surface area contributed by atoms with Crippen LogP contribution >= 0.6 is 15.9 Å². The molecule has 6 heteroatoms. The molecule has 0 atom stereocenters. The Bertz CT molecular complexity index is 615. The number of nitrogens with one attached hydrogen (secondary N) is 1. The van der Waals surface area contributed by atoms with Gasteiger partial charge in [-0.25, -0.2) is 8.42 Å². The van der Waals surface area contributed by atoms with Crippen molar-refractivity contribution in [3.63, 3.8) is 0 Å². The Balaban J connectivity index is 2.37. The lowest BCUT2D eigenvalue weighted by atomic mass is 9.79. The molecule has 1 aromatic rings. The summed E-state index contributed by atoms with van der Waals surface area (Å²) < 4.78 is 27.8. The molecule has 0 aliphatic heterocycles. The number of nitrogens with zero attached hydrogens (tertiary/aromatic N) is 1. The van der Waals surface area contributed by atoms with Gasteiger partial charge in [0.25, 0.3) is 0 Å². The molecule has 1 fully saturated rings. The summed E-state index contributed by atoms with van der Waals surface area (Å²) in [7, 11) is -3.65. The minimum absolute atomic E-state index is 0.221. The lowest BCUT2D eigenvalue weighted by Crippen LogP contribution is -2.52. The highest BCUT2D eigenvalue weighted by Gasteiger charge is 2.41. The second-order valence-corrected chi connectivity index (χ2v) is 7.13. The van der Waals surface area contributed by atoms with E-state index in [1.54, 1.807) is 25.1 Å². The van der Waals surface area contributed by atoms with E-state index in [0.717, 1.165) is 6.42 Å². The van der Waals surface area contributed by atoms with Crippen LogP contribution in [0, 0.1) is 18.3 Å². The fraction of sp³-hybridized carbons (Fsp3) is 0.417. The molecule has 96 valence electrons. The Labute approximate surface area is 115 Å². The van der Waals surface area contributed by atoms with Crippen LogP contribution in [0.3, 0.4) is 0 Å². The van der Waals surface area contributed by atoms with Crippen LogP contribution in [0.15, 0.2) is 27.6 Å². The Morgan fingerprint density at radius 1 is 1.44 bits per heavy atom. The number of hydrogen-bond acceptors (Lipinski definition) is 3. The molecule has 1 saturated carbocycles. The molecule has 18 heavy (non-hydrogen) atoms. The Hall–Kier alpha value is -0.900. The van der Waals surface area contributed by atoms with Gasteiger partial charge in [0.2, 0.25) is 10.0 Å². The van der Waals surface area contributed by atoms with Crippen LogP contribution < -0.4 is 4.72 Å². The van der Waals surface area contributed by atoms with Gasteiger partial charge in [-0.05, 0) is 43.9 Å². The maximum atomic E-state index is 12.3. The molecule has 1 aromatic carbocycles. The average molecular weight is 329 g/mol. The molecule has 1 N–H and O–H groups in total.